The Bertz CT molecular complexity index is 714. The number of amides is 1. The van der Waals surface area contributed by atoms with Gasteiger partial charge in [0.05, 0.1) is 6.54 Å². The van der Waals surface area contributed by atoms with Crippen molar-refractivity contribution in [2.45, 2.75) is 33.3 Å². The van der Waals surface area contributed by atoms with Crippen LogP contribution in [0.25, 0.3) is 10.9 Å². The number of aryl methyl sites for hydroxylation is 1. The maximum Gasteiger partial charge on any atom is 0.407 e. The molecule has 2 aromatic rings. The summed E-state index contributed by atoms with van der Waals surface area (Å²) >= 11 is 3.46. The summed E-state index contributed by atoms with van der Waals surface area (Å²) in [5.41, 5.74) is 1.12. The van der Waals surface area contributed by atoms with Crippen molar-refractivity contribution >= 4 is 32.9 Å². The zero-order valence-electron chi connectivity index (χ0n) is 13.6. The highest BCUT2D eigenvalue weighted by molar-refractivity contribution is 9.10. The fourth-order valence-corrected chi connectivity index (χ4v) is 2.40. The standard InChI is InChI=1S/C16H20BrN3O3/c1-10-12-7-11(17)8-13(14(12)20-9-19-10)22-6-5-18-15(21)23-16(2,3)4/h7-9H,5-6H2,1-4H3,(H,18,21). The Morgan fingerprint density at radius 1 is 1.30 bits per heavy atom. The number of fused-ring (bicyclic) bond motifs is 1. The summed E-state index contributed by atoms with van der Waals surface area (Å²) in [6.07, 6.45) is 1.05. The third-order valence-corrected chi connectivity index (χ3v) is 3.35. The largest absolute Gasteiger partial charge is 0.489 e. The first kappa shape index (κ1) is 17.5. The maximum atomic E-state index is 11.6. The molecule has 0 fully saturated rings. The normalized spacial score (nSPS) is 11.3. The molecule has 7 heteroatoms. The molecule has 1 aromatic carbocycles. The number of carbonyl (C=O) groups is 1. The number of nitrogens with zero attached hydrogens (tertiary/aromatic N) is 2. The first-order valence-corrected chi connectivity index (χ1v) is 8.06. The second-order valence-corrected chi connectivity index (χ2v) is 6.95. The SMILES string of the molecule is Cc1ncnc2c(OCCNC(=O)OC(C)(C)C)cc(Br)cc12. The molecular formula is C16H20BrN3O3. The Morgan fingerprint density at radius 2 is 2.04 bits per heavy atom. The van der Waals surface area contributed by atoms with Gasteiger partial charge in [0.15, 0.2) is 0 Å². The summed E-state index contributed by atoms with van der Waals surface area (Å²) < 4.78 is 11.8. The lowest BCUT2D eigenvalue weighted by Crippen LogP contribution is -2.34. The Balaban J connectivity index is 1.98. The van der Waals surface area contributed by atoms with Crippen LogP contribution in [0.3, 0.4) is 0 Å². The van der Waals surface area contributed by atoms with Crippen LogP contribution in [-0.4, -0.2) is 34.8 Å². The maximum absolute atomic E-state index is 11.6. The monoisotopic (exact) mass is 381 g/mol. The third kappa shape index (κ3) is 5.06. The van der Waals surface area contributed by atoms with Crippen LogP contribution in [0.2, 0.25) is 0 Å². The Hall–Kier alpha value is -1.89. The molecule has 1 amide bonds. The van der Waals surface area contributed by atoms with Crippen LogP contribution in [0.15, 0.2) is 22.9 Å². The lowest BCUT2D eigenvalue weighted by molar-refractivity contribution is 0.0520. The zero-order chi connectivity index (χ0) is 17.0. The molecule has 0 aliphatic carbocycles. The van der Waals surface area contributed by atoms with E-state index in [-0.39, 0.29) is 0 Å². The van der Waals surface area contributed by atoms with E-state index < -0.39 is 11.7 Å². The molecule has 1 aromatic heterocycles. The number of aromatic nitrogens is 2. The van der Waals surface area contributed by atoms with E-state index in [1.807, 2.05) is 39.8 Å². The van der Waals surface area contributed by atoms with Gasteiger partial charge in [-0.25, -0.2) is 14.8 Å². The van der Waals surface area contributed by atoms with E-state index in [2.05, 4.69) is 31.2 Å². The molecule has 0 saturated carbocycles. The molecule has 0 radical (unpaired) electrons. The van der Waals surface area contributed by atoms with Crippen molar-refractivity contribution in [3.05, 3.63) is 28.6 Å². The molecule has 2 rings (SSSR count). The molecule has 124 valence electrons. The van der Waals surface area contributed by atoms with Gasteiger partial charge in [0.2, 0.25) is 0 Å². The molecule has 6 nitrogen and oxygen atoms in total. The topological polar surface area (TPSA) is 73.3 Å². The van der Waals surface area contributed by atoms with Gasteiger partial charge in [-0.05, 0) is 39.8 Å². The fraction of sp³-hybridized carbons (Fsp3) is 0.438. The van der Waals surface area contributed by atoms with Crippen LogP contribution >= 0.6 is 15.9 Å². The molecule has 0 saturated heterocycles. The molecular weight excluding hydrogens is 362 g/mol. The van der Waals surface area contributed by atoms with Crippen molar-refractivity contribution in [1.29, 1.82) is 0 Å². The van der Waals surface area contributed by atoms with Gasteiger partial charge >= 0.3 is 6.09 Å². The molecule has 0 unspecified atom stereocenters. The predicted molar refractivity (Wildman–Crippen MR) is 91.7 cm³/mol. The van der Waals surface area contributed by atoms with Gasteiger partial charge in [-0.2, -0.15) is 0 Å². The number of ether oxygens (including phenoxy) is 2. The van der Waals surface area contributed by atoms with Gasteiger partial charge in [0.1, 0.15) is 29.8 Å². The highest BCUT2D eigenvalue weighted by Gasteiger charge is 2.15. The minimum Gasteiger partial charge on any atom is -0.489 e. The number of hydrogen-bond donors (Lipinski definition) is 1. The van der Waals surface area contributed by atoms with Crippen LogP contribution in [0, 0.1) is 6.92 Å². The summed E-state index contributed by atoms with van der Waals surface area (Å²) in [6.45, 7) is 8.03. The molecule has 0 aliphatic heterocycles. The summed E-state index contributed by atoms with van der Waals surface area (Å²) in [5.74, 6) is 0.644. The van der Waals surface area contributed by atoms with E-state index in [1.165, 1.54) is 6.33 Å². The van der Waals surface area contributed by atoms with Gasteiger partial charge in [-0.15, -0.1) is 0 Å². The second kappa shape index (κ2) is 7.12. The quantitative estimate of drug-likeness (QED) is 0.818. The van der Waals surface area contributed by atoms with Crippen LogP contribution in [0.4, 0.5) is 4.79 Å². The highest BCUT2D eigenvalue weighted by Crippen LogP contribution is 2.29. The van der Waals surface area contributed by atoms with Gasteiger partial charge in [-0.1, -0.05) is 15.9 Å². The van der Waals surface area contributed by atoms with Gasteiger partial charge in [0, 0.05) is 15.6 Å². The van der Waals surface area contributed by atoms with Gasteiger partial charge < -0.3 is 14.8 Å². The Morgan fingerprint density at radius 3 is 2.74 bits per heavy atom. The zero-order valence-corrected chi connectivity index (χ0v) is 15.2. The van der Waals surface area contributed by atoms with Crippen molar-refractivity contribution in [3.8, 4) is 5.75 Å². The number of rotatable bonds is 4. The number of halogens is 1. The van der Waals surface area contributed by atoms with Crippen molar-refractivity contribution in [1.82, 2.24) is 15.3 Å². The van der Waals surface area contributed by atoms with Crippen molar-refractivity contribution in [3.63, 3.8) is 0 Å². The van der Waals surface area contributed by atoms with Gasteiger partial charge in [-0.3, -0.25) is 0 Å². The smallest absolute Gasteiger partial charge is 0.407 e. The van der Waals surface area contributed by atoms with Crippen LogP contribution in [-0.2, 0) is 4.74 Å². The molecule has 23 heavy (non-hydrogen) atoms. The molecule has 0 bridgehead atoms. The average Bonchev–Trinajstić information content (AvgIpc) is 2.42. The summed E-state index contributed by atoms with van der Waals surface area (Å²) in [4.78, 5) is 20.0. The van der Waals surface area contributed by atoms with E-state index in [0.717, 1.165) is 21.1 Å². The minimum atomic E-state index is -0.514. The first-order chi connectivity index (χ1) is 10.8. The van der Waals surface area contributed by atoms with Gasteiger partial charge in [0.25, 0.3) is 0 Å². The van der Waals surface area contributed by atoms with Crippen LogP contribution in [0.1, 0.15) is 26.5 Å². The molecule has 1 N–H and O–H groups in total. The predicted octanol–water partition coefficient (Wildman–Crippen LogP) is 3.60. The van der Waals surface area contributed by atoms with E-state index in [9.17, 15) is 4.79 Å². The number of hydrogen-bond acceptors (Lipinski definition) is 5. The Labute approximate surface area is 143 Å². The van der Waals surface area contributed by atoms with E-state index >= 15 is 0 Å². The number of nitrogens with one attached hydrogen (secondary N) is 1. The summed E-state index contributed by atoms with van der Waals surface area (Å²) in [5, 5.41) is 3.58. The van der Waals surface area contributed by atoms with Crippen LogP contribution in [0.5, 0.6) is 5.75 Å². The van der Waals surface area contributed by atoms with E-state index in [0.29, 0.717) is 18.9 Å². The van der Waals surface area contributed by atoms with Crippen LogP contribution < -0.4 is 10.1 Å². The van der Waals surface area contributed by atoms with Crippen molar-refractivity contribution in [2.24, 2.45) is 0 Å². The average molecular weight is 382 g/mol. The number of carbonyl (C=O) groups excluding carboxylic acids is 1. The lowest BCUT2D eigenvalue weighted by Gasteiger charge is -2.19. The molecule has 0 atom stereocenters. The summed E-state index contributed by atoms with van der Waals surface area (Å²) in [7, 11) is 0. The third-order valence-electron chi connectivity index (χ3n) is 2.90. The molecule has 1 heterocycles. The first-order valence-electron chi connectivity index (χ1n) is 7.27. The lowest BCUT2D eigenvalue weighted by atomic mass is 10.2. The molecule has 0 aliphatic rings. The fourth-order valence-electron chi connectivity index (χ4n) is 1.96. The minimum absolute atomic E-state index is 0.313. The van der Waals surface area contributed by atoms with Crippen molar-refractivity contribution < 1.29 is 14.3 Å². The van der Waals surface area contributed by atoms with Crippen molar-refractivity contribution in [2.75, 3.05) is 13.2 Å². The van der Waals surface area contributed by atoms with E-state index in [1.54, 1.807) is 0 Å². The highest BCUT2D eigenvalue weighted by atomic mass is 79.9. The molecule has 0 spiro atoms. The number of alkyl carbamates (subject to hydrolysis) is 1. The second-order valence-electron chi connectivity index (χ2n) is 6.04. The Kier molecular flexibility index (Phi) is 5.41. The van der Waals surface area contributed by atoms with E-state index in [4.69, 9.17) is 9.47 Å². The number of benzene rings is 1. The summed E-state index contributed by atoms with van der Waals surface area (Å²) in [6, 6.07) is 3.80.